The third kappa shape index (κ3) is 6.10. The first-order chi connectivity index (χ1) is 20.5. The van der Waals surface area contributed by atoms with Crippen LogP contribution in [0, 0.1) is 18.3 Å². The standard InChI is InChI=1S/C21H23N2.C17H10NO.Ir/c1-16(2)19-12-8-13-20(17(3)4)21(19)23-15-9-14-22(23)18-10-6-5-7-11-18;1-2-10-16-12(6-1)13-7-5-8-14(17(13)19-16)15-9-3-4-11-18-15;/h5-10,12-13,15-17H,1-4H3;1-7,9-11H;/q2*-1;+3. The smallest absolute Gasteiger partial charge is 0.501 e. The Morgan fingerprint density at radius 1 is 0.721 bits per heavy atom. The maximum absolute atomic E-state index is 5.97. The molecular weight excluding hydrogens is 707 g/mol. The molecule has 4 aromatic carbocycles. The van der Waals surface area contributed by atoms with Crippen molar-refractivity contribution in [2.75, 3.05) is 0 Å². The van der Waals surface area contributed by atoms with Gasteiger partial charge in [0.1, 0.15) is 11.8 Å². The molecule has 0 radical (unpaired) electrons. The van der Waals surface area contributed by atoms with Gasteiger partial charge in [-0.15, -0.1) is 18.2 Å². The quantitative estimate of drug-likeness (QED) is 0.131. The molecule has 0 aliphatic heterocycles. The van der Waals surface area contributed by atoms with Crippen molar-refractivity contribution in [3.8, 4) is 22.6 Å². The molecule has 43 heavy (non-hydrogen) atoms. The number of pyridine rings is 1. The van der Waals surface area contributed by atoms with Crippen LogP contribution < -0.4 is 4.68 Å². The second-order valence-electron chi connectivity index (χ2n) is 10.9. The Morgan fingerprint density at radius 3 is 2.16 bits per heavy atom. The third-order valence-corrected chi connectivity index (χ3v) is 7.38. The molecule has 4 nitrogen and oxygen atoms in total. The van der Waals surface area contributed by atoms with E-state index in [0.29, 0.717) is 11.8 Å². The van der Waals surface area contributed by atoms with E-state index in [0.717, 1.165) is 38.9 Å². The van der Waals surface area contributed by atoms with Gasteiger partial charge in [-0.05, 0) is 47.0 Å². The Balaban J connectivity index is 0.000000170. The van der Waals surface area contributed by atoms with E-state index in [-0.39, 0.29) is 20.1 Å². The Hall–Kier alpha value is -4.31. The zero-order chi connectivity index (χ0) is 29.1. The van der Waals surface area contributed by atoms with Gasteiger partial charge in [0, 0.05) is 17.3 Å². The van der Waals surface area contributed by atoms with Gasteiger partial charge < -0.3 is 9.40 Å². The summed E-state index contributed by atoms with van der Waals surface area (Å²) in [5.41, 5.74) is 8.50. The van der Waals surface area contributed by atoms with E-state index < -0.39 is 0 Å². The first-order valence-corrected chi connectivity index (χ1v) is 14.4. The number of fused-ring (bicyclic) bond motifs is 3. The summed E-state index contributed by atoms with van der Waals surface area (Å²) in [5, 5.41) is 2.23. The summed E-state index contributed by atoms with van der Waals surface area (Å²) in [6.07, 6.45) is 7.16. The van der Waals surface area contributed by atoms with Gasteiger partial charge in [-0.3, -0.25) is 0 Å². The molecule has 0 fully saturated rings. The zero-order valence-electron chi connectivity index (χ0n) is 24.7. The van der Waals surface area contributed by atoms with Crippen molar-refractivity contribution in [1.82, 2.24) is 9.67 Å². The van der Waals surface area contributed by atoms with Crippen LogP contribution in [-0.2, 0) is 20.1 Å². The summed E-state index contributed by atoms with van der Waals surface area (Å²) in [5.74, 6) is 0.915. The Morgan fingerprint density at radius 2 is 1.47 bits per heavy atom. The van der Waals surface area contributed by atoms with Gasteiger partial charge in [-0.1, -0.05) is 93.2 Å². The second-order valence-corrected chi connectivity index (χ2v) is 10.9. The van der Waals surface area contributed by atoms with Crippen LogP contribution in [0.1, 0.15) is 50.7 Å². The molecule has 0 aliphatic rings. The Kier molecular flexibility index (Phi) is 9.35. The van der Waals surface area contributed by atoms with Gasteiger partial charge in [0.2, 0.25) is 0 Å². The third-order valence-electron chi connectivity index (χ3n) is 7.38. The van der Waals surface area contributed by atoms with Crippen molar-refractivity contribution in [2.24, 2.45) is 0 Å². The molecule has 0 bridgehead atoms. The number of furan rings is 1. The van der Waals surface area contributed by atoms with Gasteiger partial charge in [0.05, 0.1) is 11.3 Å². The summed E-state index contributed by atoms with van der Waals surface area (Å²) in [4.78, 5) is 4.38. The van der Waals surface area contributed by atoms with E-state index in [1.54, 1.807) is 6.20 Å². The van der Waals surface area contributed by atoms with Crippen molar-refractivity contribution >= 4 is 21.9 Å². The predicted octanol–water partition coefficient (Wildman–Crippen LogP) is 9.05. The summed E-state index contributed by atoms with van der Waals surface area (Å²) in [6.45, 7) is 8.98. The van der Waals surface area contributed by atoms with Gasteiger partial charge in [0.25, 0.3) is 0 Å². The van der Waals surface area contributed by atoms with Gasteiger partial charge in [-0.2, -0.15) is 35.0 Å². The average molecular weight is 740 g/mol. The van der Waals surface area contributed by atoms with Crippen molar-refractivity contribution in [3.05, 3.63) is 145 Å². The summed E-state index contributed by atoms with van der Waals surface area (Å²) >= 11 is 0. The van der Waals surface area contributed by atoms with Crippen LogP contribution in [0.5, 0.6) is 0 Å². The van der Waals surface area contributed by atoms with Crippen molar-refractivity contribution in [2.45, 2.75) is 39.5 Å². The zero-order valence-corrected chi connectivity index (χ0v) is 27.1. The summed E-state index contributed by atoms with van der Waals surface area (Å²) in [6, 6.07) is 41.0. The van der Waals surface area contributed by atoms with Gasteiger partial charge in [0.15, 0.2) is 0 Å². The van der Waals surface area contributed by atoms with E-state index in [2.05, 4.69) is 92.2 Å². The van der Waals surface area contributed by atoms with Gasteiger partial charge >= 0.3 is 20.1 Å². The van der Waals surface area contributed by atoms with Crippen molar-refractivity contribution < 1.29 is 29.2 Å². The molecule has 0 N–H and O–H groups in total. The molecule has 0 saturated heterocycles. The molecule has 0 amide bonds. The molecule has 0 saturated carbocycles. The average Bonchev–Trinajstić information content (AvgIpc) is 3.67. The number of aromatic nitrogens is 3. The molecule has 0 spiro atoms. The van der Waals surface area contributed by atoms with E-state index in [1.165, 1.54) is 16.8 Å². The molecule has 3 aromatic heterocycles. The minimum atomic E-state index is 0. The first kappa shape index (κ1) is 30.2. The molecule has 0 atom stereocenters. The van der Waals surface area contributed by atoms with E-state index >= 15 is 0 Å². The van der Waals surface area contributed by atoms with Crippen LogP contribution in [0.25, 0.3) is 44.6 Å². The fraction of sp³-hybridized carbons (Fsp3) is 0.158. The Bertz CT molecular complexity index is 1910. The maximum atomic E-state index is 5.97. The largest absolute Gasteiger partial charge is 3.00 e. The van der Waals surface area contributed by atoms with Crippen molar-refractivity contribution in [3.63, 3.8) is 0 Å². The summed E-state index contributed by atoms with van der Waals surface area (Å²) in [7, 11) is 0. The fourth-order valence-electron chi connectivity index (χ4n) is 5.35. The molecule has 3 heterocycles. The topological polar surface area (TPSA) is 34.8 Å². The molecule has 5 heteroatoms. The monoisotopic (exact) mass is 740 g/mol. The first-order valence-electron chi connectivity index (χ1n) is 14.4. The summed E-state index contributed by atoms with van der Waals surface area (Å²) < 4.78 is 10.2. The maximum Gasteiger partial charge on any atom is 3.00 e. The van der Waals surface area contributed by atoms with E-state index in [9.17, 15) is 0 Å². The second kappa shape index (κ2) is 13.3. The molecule has 7 rings (SSSR count). The van der Waals surface area contributed by atoms with E-state index in [1.807, 2.05) is 77.5 Å². The van der Waals surface area contributed by atoms with Crippen LogP contribution in [0.2, 0.25) is 0 Å². The minimum Gasteiger partial charge on any atom is -0.501 e. The predicted molar refractivity (Wildman–Crippen MR) is 169 cm³/mol. The van der Waals surface area contributed by atoms with Crippen LogP contribution >= 0.6 is 0 Å². The molecule has 214 valence electrons. The molecule has 7 aromatic rings. The van der Waals surface area contributed by atoms with Crippen molar-refractivity contribution in [1.29, 1.82) is 0 Å². The van der Waals surface area contributed by atoms with Gasteiger partial charge in [-0.25, -0.2) is 4.68 Å². The fourth-order valence-corrected chi connectivity index (χ4v) is 5.35. The van der Waals surface area contributed by atoms with Crippen LogP contribution in [0.4, 0.5) is 0 Å². The normalized spacial score (nSPS) is 11.0. The van der Waals surface area contributed by atoms with E-state index in [4.69, 9.17) is 4.42 Å². The number of rotatable bonds is 5. The Labute approximate surface area is 267 Å². The van der Waals surface area contributed by atoms with Crippen LogP contribution in [0.15, 0.2) is 120 Å². The number of para-hydroxylation sites is 3. The molecule has 0 unspecified atom stereocenters. The molecule has 0 aliphatic carbocycles. The number of hydrogen-bond acceptors (Lipinski definition) is 2. The number of nitrogens with zero attached hydrogens (tertiary/aromatic N) is 3. The minimum absolute atomic E-state index is 0. The number of hydrogen-bond donors (Lipinski definition) is 0. The molecular formula is C38H33IrN3O+. The SMILES string of the molecule is CC(C)c1cccc(C(C)C)c1-n1cc[c-][n+]1-c1[c-]cccc1.[Ir+3].[c-]1ccc2c(oc3ccccc32)c1-c1ccccn1. The number of benzene rings is 4. The van der Waals surface area contributed by atoms with Crippen LogP contribution in [0.3, 0.4) is 0 Å². The van der Waals surface area contributed by atoms with Crippen LogP contribution in [-0.4, -0.2) is 9.67 Å².